The van der Waals surface area contributed by atoms with Crippen molar-refractivity contribution in [3.63, 3.8) is 0 Å². The molecule has 0 radical (unpaired) electrons. The average molecular weight is 264 g/mol. The van der Waals surface area contributed by atoms with Crippen molar-refractivity contribution in [2.45, 2.75) is 6.42 Å². The minimum Gasteiger partial charge on any atom is -0.481 e. The van der Waals surface area contributed by atoms with Crippen LogP contribution < -0.4 is 4.74 Å². The van der Waals surface area contributed by atoms with Crippen molar-refractivity contribution < 1.29 is 18.8 Å². The quantitative estimate of drug-likeness (QED) is 0.734. The van der Waals surface area contributed by atoms with E-state index in [0.717, 1.165) is 0 Å². The van der Waals surface area contributed by atoms with Gasteiger partial charge in [0.2, 0.25) is 17.6 Å². The minimum absolute atomic E-state index is 0.0129. The summed E-state index contributed by atoms with van der Waals surface area (Å²) in [4.78, 5) is 23.3. The SMILES string of the molecule is COCC(=O)Cc1nc(-c2cc(OC)ncn2)no1. The van der Waals surface area contributed by atoms with E-state index in [2.05, 4.69) is 20.1 Å². The predicted octanol–water partition coefficient (Wildman–Crippen LogP) is 0.293. The summed E-state index contributed by atoms with van der Waals surface area (Å²) in [5, 5.41) is 3.75. The highest BCUT2D eigenvalue weighted by Gasteiger charge is 2.13. The summed E-state index contributed by atoms with van der Waals surface area (Å²) in [7, 11) is 2.95. The molecule has 0 saturated heterocycles. The summed E-state index contributed by atoms with van der Waals surface area (Å²) < 4.78 is 14.7. The molecule has 0 aliphatic rings. The number of hydrogen-bond donors (Lipinski definition) is 0. The van der Waals surface area contributed by atoms with Gasteiger partial charge >= 0.3 is 0 Å². The molecule has 2 aromatic rings. The lowest BCUT2D eigenvalue weighted by molar-refractivity contribution is -0.122. The Morgan fingerprint density at radius 1 is 1.37 bits per heavy atom. The van der Waals surface area contributed by atoms with Crippen LogP contribution in [0.4, 0.5) is 0 Å². The van der Waals surface area contributed by atoms with Crippen LogP contribution in [0.25, 0.3) is 11.5 Å². The number of Topliss-reactive ketones (excluding diaryl/α,β-unsaturated/α-hetero) is 1. The Kier molecular flexibility index (Phi) is 4.14. The van der Waals surface area contributed by atoms with Crippen LogP contribution in [0.3, 0.4) is 0 Å². The number of carbonyl (C=O) groups excluding carboxylic acids is 1. The zero-order valence-corrected chi connectivity index (χ0v) is 10.5. The van der Waals surface area contributed by atoms with E-state index in [1.54, 1.807) is 6.07 Å². The fourth-order valence-corrected chi connectivity index (χ4v) is 1.38. The van der Waals surface area contributed by atoms with E-state index in [0.29, 0.717) is 11.6 Å². The van der Waals surface area contributed by atoms with Gasteiger partial charge in [-0.15, -0.1) is 0 Å². The number of ketones is 1. The lowest BCUT2D eigenvalue weighted by Gasteiger charge is -1.97. The average Bonchev–Trinajstić information content (AvgIpc) is 2.87. The van der Waals surface area contributed by atoms with Crippen molar-refractivity contribution in [1.82, 2.24) is 20.1 Å². The predicted molar refractivity (Wildman–Crippen MR) is 62.5 cm³/mol. The summed E-state index contributed by atoms with van der Waals surface area (Å²) in [6, 6.07) is 1.58. The highest BCUT2D eigenvalue weighted by atomic mass is 16.5. The Balaban J connectivity index is 2.13. The molecule has 0 amide bonds. The zero-order chi connectivity index (χ0) is 13.7. The largest absolute Gasteiger partial charge is 0.481 e. The van der Waals surface area contributed by atoms with Crippen LogP contribution in [0.5, 0.6) is 5.88 Å². The maximum atomic E-state index is 11.4. The van der Waals surface area contributed by atoms with Crippen LogP contribution >= 0.6 is 0 Å². The molecule has 0 bridgehead atoms. The Hall–Kier alpha value is -2.35. The number of rotatable bonds is 6. The smallest absolute Gasteiger partial charge is 0.234 e. The van der Waals surface area contributed by atoms with E-state index in [1.807, 2.05) is 0 Å². The van der Waals surface area contributed by atoms with Gasteiger partial charge in [-0.05, 0) is 0 Å². The van der Waals surface area contributed by atoms with Crippen LogP contribution in [0.1, 0.15) is 5.89 Å². The number of aromatic nitrogens is 4. The number of methoxy groups -OCH3 is 2. The van der Waals surface area contributed by atoms with Gasteiger partial charge in [-0.3, -0.25) is 4.79 Å². The molecule has 0 aromatic carbocycles. The number of hydrogen-bond acceptors (Lipinski definition) is 8. The number of nitrogens with zero attached hydrogens (tertiary/aromatic N) is 4. The molecule has 2 heterocycles. The van der Waals surface area contributed by atoms with Gasteiger partial charge < -0.3 is 14.0 Å². The van der Waals surface area contributed by atoms with Gasteiger partial charge in [0.25, 0.3) is 0 Å². The zero-order valence-electron chi connectivity index (χ0n) is 10.5. The molecule has 100 valence electrons. The molecule has 0 spiro atoms. The van der Waals surface area contributed by atoms with Gasteiger partial charge in [-0.25, -0.2) is 9.97 Å². The van der Waals surface area contributed by atoms with Crippen LogP contribution in [0, 0.1) is 0 Å². The third-order valence-corrected chi connectivity index (χ3v) is 2.20. The first-order chi connectivity index (χ1) is 9.22. The van der Waals surface area contributed by atoms with Gasteiger partial charge in [0.1, 0.15) is 18.6 Å². The van der Waals surface area contributed by atoms with Crippen molar-refractivity contribution >= 4 is 5.78 Å². The van der Waals surface area contributed by atoms with Gasteiger partial charge in [0.05, 0.1) is 13.5 Å². The highest BCUT2D eigenvalue weighted by Crippen LogP contribution is 2.16. The molecular weight excluding hydrogens is 252 g/mol. The fourth-order valence-electron chi connectivity index (χ4n) is 1.38. The van der Waals surface area contributed by atoms with Crippen molar-refractivity contribution in [3.05, 3.63) is 18.3 Å². The molecule has 0 atom stereocenters. The van der Waals surface area contributed by atoms with Crippen molar-refractivity contribution in [2.75, 3.05) is 20.8 Å². The van der Waals surface area contributed by atoms with Gasteiger partial charge in [0.15, 0.2) is 5.78 Å². The van der Waals surface area contributed by atoms with Gasteiger partial charge in [-0.2, -0.15) is 4.98 Å². The first-order valence-corrected chi connectivity index (χ1v) is 5.42. The van der Waals surface area contributed by atoms with Crippen molar-refractivity contribution in [2.24, 2.45) is 0 Å². The van der Waals surface area contributed by atoms with Gasteiger partial charge in [-0.1, -0.05) is 5.16 Å². The molecule has 0 N–H and O–H groups in total. The third-order valence-electron chi connectivity index (χ3n) is 2.20. The molecular formula is C11H12N4O4. The van der Waals surface area contributed by atoms with Crippen molar-refractivity contribution in [1.29, 1.82) is 0 Å². The molecule has 2 aromatic heterocycles. The lowest BCUT2D eigenvalue weighted by Crippen LogP contribution is -2.09. The maximum absolute atomic E-state index is 11.4. The van der Waals surface area contributed by atoms with Crippen LogP contribution in [-0.4, -0.2) is 46.7 Å². The summed E-state index contributed by atoms with van der Waals surface area (Å²) in [5.74, 6) is 0.750. The summed E-state index contributed by atoms with van der Waals surface area (Å²) in [6.45, 7) is 0.0129. The van der Waals surface area contributed by atoms with E-state index in [1.165, 1.54) is 20.5 Å². The van der Waals surface area contributed by atoms with Crippen LogP contribution in [0.2, 0.25) is 0 Å². The standard InChI is InChI=1S/C11H12N4O4/c1-17-5-7(16)3-10-14-11(15-19-10)8-4-9(18-2)13-6-12-8/h4,6H,3,5H2,1-2H3. The molecule has 2 rings (SSSR count). The Bertz CT molecular complexity index is 569. The monoisotopic (exact) mass is 264 g/mol. The molecule has 19 heavy (non-hydrogen) atoms. The summed E-state index contributed by atoms with van der Waals surface area (Å²) in [5.41, 5.74) is 0.459. The van der Waals surface area contributed by atoms with E-state index in [-0.39, 0.29) is 30.5 Å². The number of carbonyl (C=O) groups is 1. The first kappa shape index (κ1) is 13.1. The fraction of sp³-hybridized carbons (Fsp3) is 0.364. The maximum Gasteiger partial charge on any atom is 0.234 e. The molecule has 0 unspecified atom stereocenters. The van der Waals surface area contributed by atoms with Crippen LogP contribution in [0.15, 0.2) is 16.9 Å². The summed E-state index contributed by atoms with van der Waals surface area (Å²) >= 11 is 0. The molecule has 8 nitrogen and oxygen atoms in total. The molecule has 0 aliphatic carbocycles. The topological polar surface area (TPSA) is 100 Å². The normalized spacial score (nSPS) is 10.4. The van der Waals surface area contributed by atoms with Gasteiger partial charge in [0, 0.05) is 13.2 Å². The minimum atomic E-state index is -0.141. The second kappa shape index (κ2) is 6.01. The van der Waals surface area contributed by atoms with Crippen LogP contribution in [-0.2, 0) is 16.0 Å². The van der Waals surface area contributed by atoms with E-state index in [9.17, 15) is 4.79 Å². The second-order valence-corrected chi connectivity index (χ2v) is 3.61. The third kappa shape index (κ3) is 3.32. The van der Waals surface area contributed by atoms with E-state index in [4.69, 9.17) is 14.0 Å². The Morgan fingerprint density at radius 2 is 2.21 bits per heavy atom. The van der Waals surface area contributed by atoms with Crippen molar-refractivity contribution in [3.8, 4) is 17.4 Å². The Labute approximate surface area is 108 Å². The second-order valence-electron chi connectivity index (χ2n) is 3.61. The Morgan fingerprint density at radius 3 is 2.95 bits per heavy atom. The van der Waals surface area contributed by atoms with E-state index >= 15 is 0 Å². The number of ether oxygens (including phenoxy) is 2. The lowest BCUT2D eigenvalue weighted by atomic mass is 10.3. The van der Waals surface area contributed by atoms with E-state index < -0.39 is 0 Å². The molecule has 0 fully saturated rings. The molecule has 8 heteroatoms. The first-order valence-electron chi connectivity index (χ1n) is 5.42. The highest BCUT2D eigenvalue weighted by molar-refractivity contribution is 5.81. The summed E-state index contributed by atoms with van der Waals surface area (Å²) in [6.07, 6.45) is 1.36. The molecule has 0 saturated carbocycles. The molecule has 0 aliphatic heterocycles.